The van der Waals surface area contributed by atoms with Gasteiger partial charge in [-0.3, -0.25) is 0 Å². The van der Waals surface area contributed by atoms with Gasteiger partial charge in [0.25, 0.3) is 0 Å². The fraction of sp³-hybridized carbons (Fsp3) is 0.462. The maximum Gasteiger partial charge on any atom is 0.336 e. The number of benzene rings is 1. The Bertz CT molecular complexity index is 434. The number of rotatable bonds is 3. The van der Waals surface area contributed by atoms with Gasteiger partial charge >= 0.3 is 5.97 Å². The highest BCUT2D eigenvalue weighted by Crippen LogP contribution is 2.33. The third-order valence-corrected chi connectivity index (χ3v) is 3.14. The van der Waals surface area contributed by atoms with E-state index in [4.69, 9.17) is 0 Å². The molecule has 0 heterocycles. The van der Waals surface area contributed by atoms with Crippen LogP contribution in [0.2, 0.25) is 0 Å². The number of phenolic OH excluding ortho intramolecular Hbond substituents is 1. The Hall–Kier alpha value is -1.51. The molecule has 0 saturated carbocycles. The van der Waals surface area contributed by atoms with Crippen molar-refractivity contribution >= 4 is 5.97 Å². The summed E-state index contributed by atoms with van der Waals surface area (Å²) in [7, 11) is 0. The highest BCUT2D eigenvalue weighted by molar-refractivity contribution is 5.92. The third kappa shape index (κ3) is 1.77. The number of carboxylic acid groups (broad SMARTS) is 1. The van der Waals surface area contributed by atoms with E-state index in [1.54, 1.807) is 13.8 Å². The quantitative estimate of drug-likeness (QED) is 0.826. The molecular weight excluding hydrogens is 204 g/mol. The molecule has 0 spiro atoms. The molecule has 0 bridgehead atoms. The zero-order valence-electron chi connectivity index (χ0n) is 10.2. The first-order valence-electron chi connectivity index (χ1n) is 5.52. The number of hydrogen-bond acceptors (Lipinski definition) is 2. The highest BCUT2D eigenvalue weighted by atomic mass is 16.4. The summed E-state index contributed by atoms with van der Waals surface area (Å²) in [5.74, 6) is -0.658. The summed E-state index contributed by atoms with van der Waals surface area (Å²) in [6.07, 6.45) is 1.26. The summed E-state index contributed by atoms with van der Waals surface area (Å²) in [5, 5.41) is 19.2. The molecule has 0 saturated heterocycles. The zero-order chi connectivity index (χ0) is 12.5. The second-order valence-electron chi connectivity index (χ2n) is 3.94. The van der Waals surface area contributed by atoms with Crippen LogP contribution in [0, 0.1) is 13.8 Å². The smallest absolute Gasteiger partial charge is 0.336 e. The molecule has 0 fully saturated rings. The fourth-order valence-corrected chi connectivity index (χ4v) is 2.28. The minimum atomic E-state index is -0.910. The van der Waals surface area contributed by atoms with Crippen molar-refractivity contribution in [1.82, 2.24) is 0 Å². The molecule has 3 heteroatoms. The van der Waals surface area contributed by atoms with Gasteiger partial charge in [0, 0.05) is 0 Å². The standard InChI is InChI=1S/C13H18O3/c1-5-9-8(4)12(14)10(6-2)7(3)11(9)13(15)16/h14H,5-6H2,1-4H3,(H,15,16). The van der Waals surface area contributed by atoms with Crippen LogP contribution in [-0.4, -0.2) is 16.2 Å². The van der Waals surface area contributed by atoms with Gasteiger partial charge in [-0.15, -0.1) is 0 Å². The van der Waals surface area contributed by atoms with E-state index in [1.165, 1.54) is 0 Å². The fourth-order valence-electron chi connectivity index (χ4n) is 2.28. The Labute approximate surface area is 95.7 Å². The van der Waals surface area contributed by atoms with Crippen LogP contribution in [0.25, 0.3) is 0 Å². The summed E-state index contributed by atoms with van der Waals surface area (Å²) in [5.41, 5.74) is 3.22. The highest BCUT2D eigenvalue weighted by Gasteiger charge is 2.21. The Kier molecular flexibility index (Phi) is 3.58. The molecule has 0 aromatic heterocycles. The van der Waals surface area contributed by atoms with Gasteiger partial charge < -0.3 is 10.2 Å². The van der Waals surface area contributed by atoms with Crippen LogP contribution < -0.4 is 0 Å². The number of aromatic carboxylic acids is 1. The molecule has 0 unspecified atom stereocenters. The minimum absolute atomic E-state index is 0.252. The van der Waals surface area contributed by atoms with Gasteiger partial charge in [0.1, 0.15) is 5.75 Å². The van der Waals surface area contributed by atoms with Crippen LogP contribution >= 0.6 is 0 Å². The van der Waals surface area contributed by atoms with Crippen LogP contribution in [0.4, 0.5) is 0 Å². The second-order valence-corrected chi connectivity index (χ2v) is 3.94. The number of aromatic hydroxyl groups is 1. The summed E-state index contributed by atoms with van der Waals surface area (Å²) in [4.78, 5) is 11.3. The van der Waals surface area contributed by atoms with E-state index in [2.05, 4.69) is 0 Å². The largest absolute Gasteiger partial charge is 0.507 e. The minimum Gasteiger partial charge on any atom is -0.507 e. The molecule has 1 aromatic rings. The van der Waals surface area contributed by atoms with Gasteiger partial charge in [-0.05, 0) is 48.9 Å². The van der Waals surface area contributed by atoms with Gasteiger partial charge in [0.15, 0.2) is 0 Å². The van der Waals surface area contributed by atoms with Crippen molar-refractivity contribution in [1.29, 1.82) is 0 Å². The van der Waals surface area contributed by atoms with Gasteiger partial charge in [-0.1, -0.05) is 13.8 Å². The van der Waals surface area contributed by atoms with Crippen LogP contribution in [0.15, 0.2) is 0 Å². The van der Waals surface area contributed by atoms with E-state index < -0.39 is 5.97 Å². The predicted molar refractivity (Wildman–Crippen MR) is 63.3 cm³/mol. The molecule has 0 aliphatic rings. The summed E-state index contributed by atoms with van der Waals surface area (Å²) >= 11 is 0. The number of hydrogen-bond donors (Lipinski definition) is 2. The van der Waals surface area contributed by atoms with Gasteiger partial charge in [0.05, 0.1) is 5.56 Å². The van der Waals surface area contributed by atoms with Crippen molar-refractivity contribution in [2.45, 2.75) is 40.5 Å². The first-order chi connectivity index (χ1) is 7.45. The lowest BCUT2D eigenvalue weighted by molar-refractivity contribution is 0.0694. The Morgan fingerprint density at radius 1 is 1.06 bits per heavy atom. The molecule has 0 radical (unpaired) electrons. The number of carbonyl (C=O) groups is 1. The topological polar surface area (TPSA) is 57.5 Å². The molecular formula is C13H18O3. The van der Waals surface area contributed by atoms with Crippen LogP contribution in [-0.2, 0) is 12.8 Å². The predicted octanol–water partition coefficient (Wildman–Crippen LogP) is 2.83. The monoisotopic (exact) mass is 222 g/mol. The van der Waals surface area contributed by atoms with E-state index in [0.717, 1.165) is 11.1 Å². The second kappa shape index (κ2) is 4.56. The van der Waals surface area contributed by atoms with Crippen LogP contribution in [0.1, 0.15) is 46.5 Å². The van der Waals surface area contributed by atoms with E-state index in [9.17, 15) is 15.0 Å². The van der Waals surface area contributed by atoms with E-state index in [0.29, 0.717) is 29.5 Å². The van der Waals surface area contributed by atoms with Crippen LogP contribution in [0.3, 0.4) is 0 Å². The Morgan fingerprint density at radius 3 is 1.94 bits per heavy atom. The SMILES string of the molecule is CCc1c(C)c(C(=O)O)c(CC)c(C)c1O. The molecule has 1 rings (SSSR count). The molecule has 0 amide bonds. The van der Waals surface area contributed by atoms with Gasteiger partial charge in [-0.2, -0.15) is 0 Å². The number of carboxylic acids is 1. The van der Waals surface area contributed by atoms with Crippen molar-refractivity contribution in [3.63, 3.8) is 0 Å². The van der Waals surface area contributed by atoms with Crippen LogP contribution in [0.5, 0.6) is 5.75 Å². The lowest BCUT2D eigenvalue weighted by atomic mass is 9.89. The first-order valence-corrected chi connectivity index (χ1v) is 5.52. The molecule has 0 atom stereocenters. The van der Waals surface area contributed by atoms with Crippen molar-refractivity contribution in [2.24, 2.45) is 0 Å². The van der Waals surface area contributed by atoms with E-state index in [-0.39, 0.29) is 5.75 Å². The lowest BCUT2D eigenvalue weighted by Gasteiger charge is -2.17. The first kappa shape index (κ1) is 12.6. The summed E-state index contributed by atoms with van der Waals surface area (Å²) in [6.45, 7) is 7.36. The van der Waals surface area contributed by atoms with Crippen molar-refractivity contribution < 1.29 is 15.0 Å². The molecule has 16 heavy (non-hydrogen) atoms. The molecule has 2 N–H and O–H groups in total. The Balaban J connectivity index is 3.71. The summed E-state index contributed by atoms with van der Waals surface area (Å²) < 4.78 is 0. The van der Waals surface area contributed by atoms with Gasteiger partial charge in [0.2, 0.25) is 0 Å². The molecule has 3 nitrogen and oxygen atoms in total. The average Bonchev–Trinajstić information content (AvgIpc) is 2.23. The molecule has 0 aliphatic carbocycles. The normalized spacial score (nSPS) is 10.5. The molecule has 1 aromatic carbocycles. The number of phenols is 1. The van der Waals surface area contributed by atoms with Crippen molar-refractivity contribution in [2.75, 3.05) is 0 Å². The van der Waals surface area contributed by atoms with E-state index in [1.807, 2.05) is 13.8 Å². The lowest BCUT2D eigenvalue weighted by Crippen LogP contribution is -2.09. The molecule has 0 aliphatic heterocycles. The van der Waals surface area contributed by atoms with Crippen molar-refractivity contribution in [3.05, 3.63) is 27.8 Å². The average molecular weight is 222 g/mol. The Morgan fingerprint density at radius 2 is 1.56 bits per heavy atom. The molecule has 88 valence electrons. The van der Waals surface area contributed by atoms with Crippen molar-refractivity contribution in [3.8, 4) is 5.75 Å². The zero-order valence-corrected chi connectivity index (χ0v) is 10.2. The maximum absolute atomic E-state index is 11.3. The summed E-state index contributed by atoms with van der Waals surface area (Å²) in [6, 6.07) is 0. The van der Waals surface area contributed by atoms with Gasteiger partial charge in [-0.25, -0.2) is 4.79 Å². The maximum atomic E-state index is 11.3. The third-order valence-electron chi connectivity index (χ3n) is 3.14. The van der Waals surface area contributed by atoms with E-state index >= 15 is 0 Å².